The first-order valence-electron chi connectivity index (χ1n) is 7.42. The van der Waals surface area contributed by atoms with Gasteiger partial charge < -0.3 is 9.64 Å². The van der Waals surface area contributed by atoms with Gasteiger partial charge in [0.1, 0.15) is 5.60 Å². The summed E-state index contributed by atoms with van der Waals surface area (Å²) in [6, 6.07) is 0. The van der Waals surface area contributed by atoms with E-state index in [2.05, 4.69) is 9.97 Å². The first kappa shape index (κ1) is 14.0. The van der Waals surface area contributed by atoms with E-state index in [1.54, 1.807) is 4.90 Å². The number of rotatable bonds is 2. The van der Waals surface area contributed by atoms with Crippen molar-refractivity contribution in [2.45, 2.75) is 45.1 Å². The third-order valence-electron chi connectivity index (χ3n) is 3.58. The Kier molecular flexibility index (Phi) is 3.43. The summed E-state index contributed by atoms with van der Waals surface area (Å²) >= 11 is 0. The van der Waals surface area contributed by atoms with Crippen LogP contribution in [-0.4, -0.2) is 39.7 Å². The van der Waals surface area contributed by atoms with E-state index in [4.69, 9.17) is 4.74 Å². The molecule has 3 rings (SSSR count). The normalized spacial score (nSPS) is 18.6. The zero-order chi connectivity index (χ0) is 15.0. The smallest absolute Gasteiger partial charge is 0.410 e. The first-order chi connectivity index (χ1) is 9.92. The molecule has 1 fully saturated rings. The van der Waals surface area contributed by atoms with Gasteiger partial charge in [0.15, 0.2) is 5.82 Å². The zero-order valence-corrected chi connectivity index (χ0v) is 12.8. The van der Waals surface area contributed by atoms with E-state index in [-0.39, 0.29) is 6.09 Å². The fraction of sp³-hybridized carbons (Fsp3) is 0.562. The van der Waals surface area contributed by atoms with Crippen molar-refractivity contribution in [3.8, 4) is 0 Å². The van der Waals surface area contributed by atoms with Gasteiger partial charge in [-0.1, -0.05) is 6.08 Å². The highest BCUT2D eigenvalue weighted by Crippen LogP contribution is 2.39. The molecule has 2 heterocycles. The summed E-state index contributed by atoms with van der Waals surface area (Å²) < 4.78 is 5.38. The van der Waals surface area contributed by atoms with Crippen LogP contribution in [0, 0.1) is 0 Å². The van der Waals surface area contributed by atoms with Crippen LogP contribution in [0.3, 0.4) is 0 Å². The Labute approximate surface area is 125 Å². The Balaban J connectivity index is 1.62. The minimum absolute atomic E-state index is 0.289. The summed E-state index contributed by atoms with van der Waals surface area (Å²) in [5, 5.41) is 0. The minimum Gasteiger partial charge on any atom is -0.444 e. The van der Waals surface area contributed by atoms with Crippen LogP contribution >= 0.6 is 0 Å². The van der Waals surface area contributed by atoms with Gasteiger partial charge in [0.25, 0.3) is 0 Å². The molecule has 1 saturated carbocycles. The van der Waals surface area contributed by atoms with Gasteiger partial charge in [-0.05, 0) is 45.1 Å². The maximum Gasteiger partial charge on any atom is 0.410 e. The molecular formula is C16H21N3O2. The predicted octanol–water partition coefficient (Wildman–Crippen LogP) is 2.99. The Bertz CT molecular complexity index is 568. The van der Waals surface area contributed by atoms with Crippen molar-refractivity contribution in [3.05, 3.63) is 29.9 Å². The van der Waals surface area contributed by atoms with Crippen LogP contribution in [0.25, 0.3) is 5.57 Å². The van der Waals surface area contributed by atoms with Crippen LogP contribution in [-0.2, 0) is 4.74 Å². The van der Waals surface area contributed by atoms with Crippen LogP contribution in [0.1, 0.15) is 50.9 Å². The van der Waals surface area contributed by atoms with Crippen LogP contribution in [0.15, 0.2) is 18.5 Å². The summed E-state index contributed by atoms with van der Waals surface area (Å²) in [4.78, 5) is 22.5. The summed E-state index contributed by atoms with van der Waals surface area (Å²) in [5.41, 5.74) is 1.74. The molecule has 1 aromatic rings. The van der Waals surface area contributed by atoms with Crippen molar-refractivity contribution in [2.75, 3.05) is 13.1 Å². The van der Waals surface area contributed by atoms with Gasteiger partial charge in [-0.15, -0.1) is 0 Å². The lowest BCUT2D eigenvalue weighted by molar-refractivity contribution is 0.0306. The van der Waals surface area contributed by atoms with Gasteiger partial charge in [0.05, 0.1) is 6.54 Å². The number of carbonyl (C=O) groups is 1. The Hall–Kier alpha value is -1.91. The van der Waals surface area contributed by atoms with Gasteiger partial charge in [-0.25, -0.2) is 14.8 Å². The number of ether oxygens (including phenoxy) is 1. The largest absolute Gasteiger partial charge is 0.444 e. The quantitative estimate of drug-likeness (QED) is 0.839. The lowest BCUT2D eigenvalue weighted by Gasteiger charge is -2.24. The number of nitrogens with zero attached hydrogens (tertiary/aromatic N) is 3. The molecule has 0 atom stereocenters. The average molecular weight is 287 g/mol. The molecule has 0 saturated heterocycles. The minimum atomic E-state index is -0.470. The van der Waals surface area contributed by atoms with E-state index in [1.807, 2.05) is 39.2 Å². The summed E-state index contributed by atoms with van der Waals surface area (Å²) in [6.07, 6.45) is 8.03. The van der Waals surface area contributed by atoms with Crippen molar-refractivity contribution in [2.24, 2.45) is 0 Å². The van der Waals surface area contributed by atoms with E-state index < -0.39 is 5.60 Å². The summed E-state index contributed by atoms with van der Waals surface area (Å²) in [5.74, 6) is 1.38. The molecule has 0 N–H and O–H groups in total. The SMILES string of the molecule is CC(C)(C)OC(=O)N1CC=C(c2ncc(C3CC3)cn2)C1. The second-order valence-electron chi connectivity index (χ2n) is 6.70. The maximum absolute atomic E-state index is 12.0. The Morgan fingerprint density at radius 3 is 2.52 bits per heavy atom. The monoisotopic (exact) mass is 287 g/mol. The highest BCUT2D eigenvalue weighted by atomic mass is 16.6. The fourth-order valence-electron chi connectivity index (χ4n) is 2.31. The topological polar surface area (TPSA) is 55.3 Å². The number of hydrogen-bond acceptors (Lipinski definition) is 4. The lowest BCUT2D eigenvalue weighted by Crippen LogP contribution is -2.35. The van der Waals surface area contributed by atoms with Gasteiger partial charge in [0.2, 0.25) is 0 Å². The van der Waals surface area contributed by atoms with E-state index in [0.29, 0.717) is 24.8 Å². The van der Waals surface area contributed by atoms with Crippen LogP contribution < -0.4 is 0 Å². The second-order valence-corrected chi connectivity index (χ2v) is 6.70. The molecule has 0 spiro atoms. The molecule has 1 aliphatic carbocycles. The molecule has 1 aromatic heterocycles. The molecule has 1 aliphatic heterocycles. The van der Waals surface area contributed by atoms with Crippen molar-refractivity contribution < 1.29 is 9.53 Å². The van der Waals surface area contributed by atoms with Gasteiger partial charge in [0, 0.05) is 24.5 Å². The molecule has 0 bridgehead atoms. The van der Waals surface area contributed by atoms with E-state index >= 15 is 0 Å². The molecule has 0 unspecified atom stereocenters. The Morgan fingerprint density at radius 1 is 1.29 bits per heavy atom. The number of amides is 1. The Morgan fingerprint density at radius 2 is 1.95 bits per heavy atom. The summed E-state index contributed by atoms with van der Waals surface area (Å²) in [7, 11) is 0. The highest BCUT2D eigenvalue weighted by Gasteiger charge is 2.27. The van der Waals surface area contributed by atoms with E-state index in [0.717, 1.165) is 5.57 Å². The number of hydrogen-bond donors (Lipinski definition) is 0. The van der Waals surface area contributed by atoms with E-state index in [1.165, 1.54) is 18.4 Å². The molecule has 112 valence electrons. The van der Waals surface area contributed by atoms with Gasteiger partial charge in [-0.3, -0.25) is 0 Å². The van der Waals surface area contributed by atoms with Gasteiger partial charge in [-0.2, -0.15) is 0 Å². The number of carbonyl (C=O) groups excluding carboxylic acids is 1. The number of aromatic nitrogens is 2. The average Bonchev–Trinajstić information content (AvgIpc) is 3.14. The third kappa shape index (κ3) is 3.40. The second kappa shape index (κ2) is 5.13. The maximum atomic E-state index is 12.0. The highest BCUT2D eigenvalue weighted by molar-refractivity contribution is 5.75. The third-order valence-corrected chi connectivity index (χ3v) is 3.58. The lowest BCUT2D eigenvalue weighted by atomic mass is 10.2. The molecule has 1 amide bonds. The molecule has 0 aromatic carbocycles. The zero-order valence-electron chi connectivity index (χ0n) is 12.8. The van der Waals surface area contributed by atoms with Crippen molar-refractivity contribution in [1.82, 2.24) is 14.9 Å². The van der Waals surface area contributed by atoms with Crippen LogP contribution in [0.5, 0.6) is 0 Å². The molecule has 5 heteroatoms. The molecule has 0 radical (unpaired) electrons. The van der Waals surface area contributed by atoms with Gasteiger partial charge >= 0.3 is 6.09 Å². The van der Waals surface area contributed by atoms with E-state index in [9.17, 15) is 4.79 Å². The first-order valence-corrected chi connectivity index (χ1v) is 7.42. The molecule has 2 aliphatic rings. The van der Waals surface area contributed by atoms with Crippen molar-refractivity contribution in [1.29, 1.82) is 0 Å². The summed E-state index contributed by atoms with van der Waals surface area (Å²) in [6.45, 7) is 6.68. The predicted molar refractivity (Wildman–Crippen MR) is 79.8 cm³/mol. The molecule has 21 heavy (non-hydrogen) atoms. The van der Waals surface area contributed by atoms with Crippen LogP contribution in [0.4, 0.5) is 4.79 Å². The standard InChI is InChI=1S/C16H21N3O2/c1-16(2,3)21-15(20)19-7-6-12(10-19)14-17-8-13(9-18-14)11-4-5-11/h6,8-9,11H,4-5,7,10H2,1-3H3. The molecule has 5 nitrogen and oxygen atoms in total. The molecular weight excluding hydrogens is 266 g/mol. The van der Waals surface area contributed by atoms with Crippen LogP contribution in [0.2, 0.25) is 0 Å². The van der Waals surface area contributed by atoms with Crippen molar-refractivity contribution >= 4 is 11.7 Å². The van der Waals surface area contributed by atoms with Crippen molar-refractivity contribution in [3.63, 3.8) is 0 Å². The fourth-order valence-corrected chi connectivity index (χ4v) is 2.31.